The van der Waals surface area contributed by atoms with E-state index in [9.17, 15) is 0 Å². The van der Waals surface area contributed by atoms with E-state index in [1.165, 1.54) is 5.56 Å². The van der Waals surface area contributed by atoms with Crippen LogP contribution in [0.3, 0.4) is 0 Å². The molecule has 1 aliphatic heterocycles. The summed E-state index contributed by atoms with van der Waals surface area (Å²) in [5, 5.41) is 0.562. The number of benzene rings is 3. The molecule has 1 unspecified atom stereocenters. The quantitative estimate of drug-likeness (QED) is 0.429. The Morgan fingerprint density at radius 1 is 1.00 bits per heavy atom. The van der Waals surface area contributed by atoms with Gasteiger partial charge in [0.15, 0.2) is 0 Å². The SMILES string of the molecule is CC(C)Oc1ccc(C2=NC(Cc3ccc(OCc4ccccc4)cc3)CO2)cc1Cl. The van der Waals surface area contributed by atoms with Gasteiger partial charge in [-0.15, -0.1) is 0 Å². The highest BCUT2D eigenvalue weighted by atomic mass is 35.5. The summed E-state index contributed by atoms with van der Waals surface area (Å²) in [7, 11) is 0. The van der Waals surface area contributed by atoms with Crippen LogP contribution in [0, 0.1) is 0 Å². The Balaban J connectivity index is 1.34. The molecule has 0 N–H and O–H groups in total. The molecule has 3 aromatic carbocycles. The van der Waals surface area contributed by atoms with Crippen LogP contribution in [0.15, 0.2) is 77.8 Å². The van der Waals surface area contributed by atoms with Gasteiger partial charge in [0.1, 0.15) is 24.7 Å². The molecule has 5 heteroatoms. The molecule has 1 atom stereocenters. The molecule has 0 saturated heterocycles. The second-order valence-electron chi connectivity index (χ2n) is 7.83. The molecular formula is C26H26ClNO3. The van der Waals surface area contributed by atoms with Crippen molar-refractivity contribution in [3.63, 3.8) is 0 Å². The average Bonchev–Trinajstić information content (AvgIpc) is 3.24. The Bertz CT molecular complexity index is 1030. The van der Waals surface area contributed by atoms with E-state index in [0.717, 1.165) is 23.3 Å². The lowest BCUT2D eigenvalue weighted by Gasteiger charge is -2.12. The second kappa shape index (κ2) is 9.88. The second-order valence-corrected chi connectivity index (χ2v) is 8.24. The van der Waals surface area contributed by atoms with Crippen molar-refractivity contribution in [2.24, 2.45) is 4.99 Å². The van der Waals surface area contributed by atoms with Gasteiger partial charge in [-0.1, -0.05) is 54.1 Å². The summed E-state index contributed by atoms with van der Waals surface area (Å²) in [6, 6.07) is 24.1. The lowest BCUT2D eigenvalue weighted by molar-refractivity contribution is 0.242. The fourth-order valence-electron chi connectivity index (χ4n) is 3.40. The first-order valence-corrected chi connectivity index (χ1v) is 10.9. The minimum Gasteiger partial charge on any atom is -0.489 e. The molecule has 160 valence electrons. The summed E-state index contributed by atoms with van der Waals surface area (Å²) in [6.07, 6.45) is 0.882. The Morgan fingerprint density at radius 3 is 2.48 bits per heavy atom. The largest absolute Gasteiger partial charge is 0.489 e. The molecule has 1 heterocycles. The molecule has 4 nitrogen and oxygen atoms in total. The van der Waals surface area contributed by atoms with E-state index >= 15 is 0 Å². The number of rotatable bonds is 8. The van der Waals surface area contributed by atoms with Gasteiger partial charge in [-0.3, -0.25) is 0 Å². The topological polar surface area (TPSA) is 40.0 Å². The minimum absolute atomic E-state index is 0.0722. The van der Waals surface area contributed by atoms with Crippen LogP contribution in [0.2, 0.25) is 5.02 Å². The van der Waals surface area contributed by atoms with Crippen molar-refractivity contribution < 1.29 is 14.2 Å². The molecule has 0 aliphatic carbocycles. The maximum absolute atomic E-state index is 6.35. The molecule has 1 aliphatic rings. The molecule has 0 radical (unpaired) electrons. The fourth-order valence-corrected chi connectivity index (χ4v) is 3.62. The molecule has 31 heavy (non-hydrogen) atoms. The first-order valence-electron chi connectivity index (χ1n) is 10.5. The van der Waals surface area contributed by atoms with Gasteiger partial charge in [-0.2, -0.15) is 0 Å². The number of ether oxygens (including phenoxy) is 3. The van der Waals surface area contributed by atoms with Crippen LogP contribution in [-0.2, 0) is 17.8 Å². The summed E-state index contributed by atoms with van der Waals surface area (Å²) in [5.74, 6) is 2.16. The zero-order chi connectivity index (χ0) is 21.6. The van der Waals surface area contributed by atoms with Gasteiger partial charge in [-0.05, 0) is 61.7 Å². The van der Waals surface area contributed by atoms with Crippen molar-refractivity contribution >= 4 is 17.5 Å². The summed E-state index contributed by atoms with van der Waals surface area (Å²) >= 11 is 6.35. The van der Waals surface area contributed by atoms with Crippen molar-refractivity contribution in [3.05, 3.63) is 94.5 Å². The van der Waals surface area contributed by atoms with Crippen LogP contribution in [0.5, 0.6) is 11.5 Å². The van der Waals surface area contributed by atoms with E-state index in [4.69, 9.17) is 30.8 Å². The number of aliphatic imine (C=N–C) groups is 1. The highest BCUT2D eigenvalue weighted by molar-refractivity contribution is 6.32. The van der Waals surface area contributed by atoms with Crippen molar-refractivity contribution in [3.8, 4) is 11.5 Å². The van der Waals surface area contributed by atoms with Crippen molar-refractivity contribution in [2.45, 2.75) is 39.0 Å². The molecule has 0 aromatic heterocycles. The molecule has 0 saturated carbocycles. The van der Waals surface area contributed by atoms with Crippen LogP contribution in [-0.4, -0.2) is 24.7 Å². The van der Waals surface area contributed by atoms with Gasteiger partial charge < -0.3 is 14.2 Å². The molecule has 0 bridgehead atoms. The molecule has 0 amide bonds. The Kier molecular flexibility index (Phi) is 6.78. The molecule has 0 spiro atoms. The Morgan fingerprint density at radius 2 is 1.77 bits per heavy atom. The third kappa shape index (κ3) is 5.80. The predicted molar refractivity (Wildman–Crippen MR) is 124 cm³/mol. The predicted octanol–water partition coefficient (Wildman–Crippen LogP) is 6.09. The van der Waals surface area contributed by atoms with Gasteiger partial charge in [0.25, 0.3) is 0 Å². The van der Waals surface area contributed by atoms with E-state index in [0.29, 0.717) is 29.9 Å². The van der Waals surface area contributed by atoms with Crippen molar-refractivity contribution in [2.75, 3.05) is 6.61 Å². The van der Waals surface area contributed by atoms with E-state index in [1.54, 1.807) is 0 Å². The third-order valence-corrected chi connectivity index (χ3v) is 5.19. The number of hydrogen-bond donors (Lipinski definition) is 0. The molecule has 0 fully saturated rings. The Hall–Kier alpha value is -2.98. The summed E-state index contributed by atoms with van der Waals surface area (Å²) in [5.41, 5.74) is 3.22. The normalized spacial score (nSPS) is 15.5. The smallest absolute Gasteiger partial charge is 0.216 e. The number of nitrogens with zero attached hydrogens (tertiary/aromatic N) is 1. The highest BCUT2D eigenvalue weighted by Gasteiger charge is 2.21. The molecular weight excluding hydrogens is 410 g/mol. The average molecular weight is 436 g/mol. The zero-order valence-electron chi connectivity index (χ0n) is 17.8. The monoisotopic (exact) mass is 435 g/mol. The fraction of sp³-hybridized carbons (Fsp3) is 0.269. The van der Waals surface area contributed by atoms with Gasteiger partial charge in [0, 0.05) is 5.56 Å². The van der Waals surface area contributed by atoms with E-state index in [-0.39, 0.29) is 12.1 Å². The van der Waals surface area contributed by atoms with Crippen LogP contribution in [0.25, 0.3) is 0 Å². The number of halogens is 1. The third-order valence-electron chi connectivity index (χ3n) is 4.90. The maximum atomic E-state index is 6.35. The van der Waals surface area contributed by atoms with Crippen LogP contribution >= 0.6 is 11.6 Å². The standard InChI is InChI=1S/C26H26ClNO3/c1-18(2)31-25-13-10-21(15-24(25)27)26-28-22(17-30-26)14-19-8-11-23(12-9-19)29-16-20-6-4-3-5-7-20/h3-13,15,18,22H,14,16-17H2,1-2H3. The van der Waals surface area contributed by atoms with Gasteiger partial charge in [0.05, 0.1) is 17.2 Å². The first-order chi connectivity index (χ1) is 15.1. The molecule has 3 aromatic rings. The summed E-state index contributed by atoms with van der Waals surface area (Å²) in [6.45, 7) is 5.07. The summed E-state index contributed by atoms with van der Waals surface area (Å²) < 4.78 is 17.4. The van der Waals surface area contributed by atoms with Gasteiger partial charge >= 0.3 is 0 Å². The van der Waals surface area contributed by atoms with E-state index < -0.39 is 0 Å². The lowest BCUT2D eigenvalue weighted by atomic mass is 10.1. The van der Waals surface area contributed by atoms with Crippen LogP contribution in [0.4, 0.5) is 0 Å². The first kappa shape index (κ1) is 21.3. The van der Waals surface area contributed by atoms with Crippen molar-refractivity contribution in [1.29, 1.82) is 0 Å². The van der Waals surface area contributed by atoms with Gasteiger partial charge in [-0.25, -0.2) is 4.99 Å². The van der Waals surface area contributed by atoms with Crippen LogP contribution in [0.1, 0.15) is 30.5 Å². The van der Waals surface area contributed by atoms with Crippen molar-refractivity contribution in [1.82, 2.24) is 0 Å². The Labute approximate surface area is 188 Å². The zero-order valence-corrected chi connectivity index (χ0v) is 18.5. The number of hydrogen-bond acceptors (Lipinski definition) is 4. The van der Waals surface area contributed by atoms with E-state index in [1.807, 2.05) is 62.4 Å². The van der Waals surface area contributed by atoms with Crippen LogP contribution < -0.4 is 9.47 Å². The minimum atomic E-state index is 0.0722. The van der Waals surface area contributed by atoms with Gasteiger partial charge in [0.2, 0.25) is 5.90 Å². The molecule has 4 rings (SSSR count). The lowest BCUT2D eigenvalue weighted by Crippen LogP contribution is -2.10. The summed E-state index contributed by atoms with van der Waals surface area (Å²) in [4.78, 5) is 4.75. The highest BCUT2D eigenvalue weighted by Crippen LogP contribution is 2.28. The van der Waals surface area contributed by atoms with E-state index in [2.05, 4.69) is 24.3 Å². The maximum Gasteiger partial charge on any atom is 0.216 e.